The van der Waals surface area contributed by atoms with E-state index in [0.29, 0.717) is 12.1 Å². The van der Waals surface area contributed by atoms with Gasteiger partial charge in [0.05, 0.1) is 6.10 Å². The summed E-state index contributed by atoms with van der Waals surface area (Å²) in [7, 11) is 0. The lowest BCUT2D eigenvalue weighted by molar-refractivity contribution is 0.00421. The van der Waals surface area contributed by atoms with E-state index >= 15 is 0 Å². The molecule has 1 rings (SSSR count). The fourth-order valence-corrected chi connectivity index (χ4v) is 1.36. The number of hydrogen-bond donors (Lipinski definition) is 4. The summed E-state index contributed by atoms with van der Waals surface area (Å²) in [6, 6.07) is 7.08. The second-order valence-electron chi connectivity index (χ2n) is 3.47. The van der Waals surface area contributed by atoms with Gasteiger partial charge in [0.1, 0.15) is 6.10 Å². The van der Waals surface area contributed by atoms with E-state index in [-0.39, 0.29) is 13.0 Å². The molecule has 0 aliphatic rings. The van der Waals surface area contributed by atoms with Crippen molar-refractivity contribution in [3.05, 3.63) is 35.4 Å². The first-order valence-corrected chi connectivity index (χ1v) is 4.95. The molecule has 0 bridgehead atoms. The van der Waals surface area contributed by atoms with Gasteiger partial charge in [0.2, 0.25) is 0 Å². The first kappa shape index (κ1) is 12.1. The van der Waals surface area contributed by atoms with Crippen LogP contribution in [0.25, 0.3) is 0 Å². The Morgan fingerprint density at radius 2 is 1.73 bits per heavy atom. The van der Waals surface area contributed by atoms with Crippen LogP contribution in [0.5, 0.6) is 0 Å². The molecule has 4 nitrogen and oxygen atoms in total. The molecule has 2 atom stereocenters. The van der Waals surface area contributed by atoms with Gasteiger partial charge in [-0.05, 0) is 17.5 Å². The smallest absolute Gasteiger partial charge is 0.105 e. The molecule has 0 aliphatic heterocycles. The summed E-state index contributed by atoms with van der Waals surface area (Å²) >= 11 is 0. The van der Waals surface area contributed by atoms with E-state index in [1.165, 1.54) is 0 Å². The van der Waals surface area contributed by atoms with Crippen molar-refractivity contribution in [2.45, 2.75) is 25.2 Å². The van der Waals surface area contributed by atoms with Crippen LogP contribution in [-0.2, 0) is 6.54 Å². The summed E-state index contributed by atoms with van der Waals surface area (Å²) in [5.41, 5.74) is 7.05. The van der Waals surface area contributed by atoms with E-state index in [4.69, 9.17) is 10.8 Å². The zero-order chi connectivity index (χ0) is 11.3. The number of nitrogens with two attached hydrogens (primary N) is 1. The summed E-state index contributed by atoms with van der Waals surface area (Å²) in [4.78, 5) is 0. The largest absolute Gasteiger partial charge is 0.396 e. The Kier molecular flexibility index (Phi) is 4.71. The van der Waals surface area contributed by atoms with Crippen LogP contribution in [0.4, 0.5) is 0 Å². The first-order valence-electron chi connectivity index (χ1n) is 4.95. The zero-order valence-corrected chi connectivity index (χ0v) is 8.50. The lowest BCUT2D eigenvalue weighted by atomic mass is 10.0. The van der Waals surface area contributed by atoms with Crippen molar-refractivity contribution >= 4 is 0 Å². The van der Waals surface area contributed by atoms with Crippen molar-refractivity contribution in [1.29, 1.82) is 0 Å². The van der Waals surface area contributed by atoms with Crippen LogP contribution in [0, 0.1) is 0 Å². The molecule has 0 heterocycles. The fourth-order valence-electron chi connectivity index (χ4n) is 1.36. The third-order valence-electron chi connectivity index (χ3n) is 2.35. The van der Waals surface area contributed by atoms with Crippen molar-refractivity contribution in [2.75, 3.05) is 6.61 Å². The predicted molar refractivity (Wildman–Crippen MR) is 57.0 cm³/mol. The quantitative estimate of drug-likeness (QED) is 0.549. The van der Waals surface area contributed by atoms with E-state index in [2.05, 4.69) is 0 Å². The number of hydrogen-bond acceptors (Lipinski definition) is 4. The molecule has 5 N–H and O–H groups in total. The third kappa shape index (κ3) is 3.28. The van der Waals surface area contributed by atoms with E-state index in [1.807, 2.05) is 12.1 Å². The molecule has 0 saturated heterocycles. The molecule has 0 aliphatic carbocycles. The summed E-state index contributed by atoms with van der Waals surface area (Å²) in [6.07, 6.45) is -1.72. The topological polar surface area (TPSA) is 86.7 Å². The van der Waals surface area contributed by atoms with Gasteiger partial charge in [-0.25, -0.2) is 0 Å². The minimum absolute atomic E-state index is 0.140. The van der Waals surface area contributed by atoms with Crippen molar-refractivity contribution in [3.8, 4) is 0 Å². The van der Waals surface area contributed by atoms with Crippen LogP contribution in [0.3, 0.4) is 0 Å². The van der Waals surface area contributed by atoms with Crippen LogP contribution in [0.15, 0.2) is 24.3 Å². The van der Waals surface area contributed by atoms with Gasteiger partial charge in [-0.3, -0.25) is 0 Å². The Morgan fingerprint density at radius 1 is 1.13 bits per heavy atom. The Balaban J connectivity index is 2.69. The molecule has 0 fully saturated rings. The molecule has 2 unspecified atom stereocenters. The summed E-state index contributed by atoms with van der Waals surface area (Å²) in [5, 5.41) is 27.8. The van der Waals surface area contributed by atoms with E-state index < -0.39 is 12.2 Å². The molecule has 1 aromatic rings. The standard InChI is InChI=1S/C11H17NO3/c12-7-8-1-3-9(4-2-8)11(15)10(14)5-6-13/h1-4,10-11,13-15H,5-7,12H2. The lowest BCUT2D eigenvalue weighted by Gasteiger charge is -2.17. The summed E-state index contributed by atoms with van der Waals surface area (Å²) in [6.45, 7) is 0.314. The molecular formula is C11H17NO3. The molecule has 0 amide bonds. The summed E-state index contributed by atoms with van der Waals surface area (Å²) in [5.74, 6) is 0. The van der Waals surface area contributed by atoms with Gasteiger partial charge in [-0.15, -0.1) is 0 Å². The van der Waals surface area contributed by atoms with Gasteiger partial charge >= 0.3 is 0 Å². The fraction of sp³-hybridized carbons (Fsp3) is 0.455. The zero-order valence-electron chi connectivity index (χ0n) is 8.50. The molecule has 84 valence electrons. The Morgan fingerprint density at radius 3 is 2.20 bits per heavy atom. The Labute approximate surface area is 89.0 Å². The monoisotopic (exact) mass is 211 g/mol. The minimum atomic E-state index is -0.955. The highest BCUT2D eigenvalue weighted by Crippen LogP contribution is 2.19. The van der Waals surface area contributed by atoms with Gasteiger partial charge < -0.3 is 21.1 Å². The van der Waals surface area contributed by atoms with Gasteiger partial charge in [0.25, 0.3) is 0 Å². The minimum Gasteiger partial charge on any atom is -0.396 e. The van der Waals surface area contributed by atoms with Crippen LogP contribution in [-0.4, -0.2) is 28.0 Å². The molecule has 4 heteroatoms. The average Bonchev–Trinajstić information content (AvgIpc) is 2.28. The molecule has 0 spiro atoms. The highest BCUT2D eigenvalue weighted by atomic mass is 16.3. The number of aliphatic hydroxyl groups is 3. The van der Waals surface area contributed by atoms with Crippen LogP contribution in [0.1, 0.15) is 23.7 Å². The Hall–Kier alpha value is -0.940. The van der Waals surface area contributed by atoms with Crippen molar-refractivity contribution in [2.24, 2.45) is 5.73 Å². The normalized spacial score (nSPS) is 14.9. The maximum absolute atomic E-state index is 9.69. The van der Waals surface area contributed by atoms with Gasteiger partial charge in [0.15, 0.2) is 0 Å². The lowest BCUT2D eigenvalue weighted by Crippen LogP contribution is -2.19. The summed E-state index contributed by atoms with van der Waals surface area (Å²) < 4.78 is 0. The van der Waals surface area contributed by atoms with E-state index in [9.17, 15) is 10.2 Å². The number of rotatable bonds is 5. The van der Waals surface area contributed by atoms with E-state index in [1.54, 1.807) is 12.1 Å². The van der Waals surface area contributed by atoms with Crippen molar-refractivity contribution < 1.29 is 15.3 Å². The SMILES string of the molecule is NCc1ccc(C(O)C(O)CCO)cc1. The van der Waals surface area contributed by atoms with Gasteiger partial charge in [-0.2, -0.15) is 0 Å². The first-order chi connectivity index (χ1) is 7.19. The maximum atomic E-state index is 9.69. The number of aliphatic hydroxyl groups excluding tert-OH is 3. The molecule has 1 aromatic carbocycles. The van der Waals surface area contributed by atoms with E-state index in [0.717, 1.165) is 5.56 Å². The molecule has 15 heavy (non-hydrogen) atoms. The average molecular weight is 211 g/mol. The number of benzene rings is 1. The second kappa shape index (κ2) is 5.82. The molecule has 0 saturated carbocycles. The van der Waals surface area contributed by atoms with Crippen LogP contribution < -0.4 is 5.73 Å². The Bertz CT molecular complexity index is 286. The second-order valence-corrected chi connectivity index (χ2v) is 3.47. The van der Waals surface area contributed by atoms with Gasteiger partial charge in [0, 0.05) is 13.2 Å². The van der Waals surface area contributed by atoms with Crippen LogP contribution in [0.2, 0.25) is 0 Å². The maximum Gasteiger partial charge on any atom is 0.105 e. The van der Waals surface area contributed by atoms with Crippen molar-refractivity contribution in [1.82, 2.24) is 0 Å². The van der Waals surface area contributed by atoms with Crippen molar-refractivity contribution in [3.63, 3.8) is 0 Å². The highest BCUT2D eigenvalue weighted by Gasteiger charge is 2.17. The molecule has 0 aromatic heterocycles. The van der Waals surface area contributed by atoms with Gasteiger partial charge in [-0.1, -0.05) is 24.3 Å². The molecule has 0 radical (unpaired) electrons. The third-order valence-corrected chi connectivity index (χ3v) is 2.35. The highest BCUT2D eigenvalue weighted by molar-refractivity contribution is 5.24. The molecular weight excluding hydrogens is 194 g/mol. The predicted octanol–water partition coefficient (Wildman–Crippen LogP) is -0.0780. The van der Waals surface area contributed by atoms with Crippen LogP contribution >= 0.6 is 0 Å².